The van der Waals surface area contributed by atoms with Crippen molar-refractivity contribution in [2.45, 2.75) is 50.7 Å². The van der Waals surface area contributed by atoms with Crippen LogP contribution in [-0.2, 0) is 16.0 Å². The zero-order chi connectivity index (χ0) is 25.3. The molecule has 0 unspecified atom stereocenters. The average Bonchev–Trinajstić information content (AvgIpc) is 3.68. The second-order valence-electron chi connectivity index (χ2n) is 10.2. The molecule has 1 N–H and O–H groups in total. The molecule has 4 amide bonds. The third-order valence-corrected chi connectivity index (χ3v) is 7.64. The summed E-state index contributed by atoms with van der Waals surface area (Å²) in [4.78, 5) is 42.9. The summed E-state index contributed by atoms with van der Waals surface area (Å²) < 4.78 is 19.3. The van der Waals surface area contributed by atoms with Crippen molar-refractivity contribution < 1.29 is 23.5 Å². The van der Waals surface area contributed by atoms with E-state index in [2.05, 4.69) is 5.32 Å². The first-order valence-corrected chi connectivity index (χ1v) is 12.7. The van der Waals surface area contributed by atoms with Crippen LogP contribution >= 0.6 is 0 Å². The maximum atomic E-state index is 13.8. The van der Waals surface area contributed by atoms with E-state index in [1.54, 1.807) is 24.0 Å². The first-order chi connectivity index (χ1) is 17.4. The number of halogens is 1. The van der Waals surface area contributed by atoms with Gasteiger partial charge in [0.1, 0.15) is 17.1 Å². The molecule has 0 spiro atoms. The molecule has 2 saturated heterocycles. The van der Waals surface area contributed by atoms with E-state index in [0.29, 0.717) is 50.6 Å². The van der Waals surface area contributed by atoms with Gasteiger partial charge in [0.05, 0.1) is 0 Å². The van der Waals surface area contributed by atoms with Crippen LogP contribution < -0.4 is 10.1 Å². The van der Waals surface area contributed by atoms with Gasteiger partial charge in [-0.05, 0) is 74.3 Å². The molecule has 1 saturated carbocycles. The van der Waals surface area contributed by atoms with Crippen LogP contribution in [0.2, 0.25) is 0 Å². The summed E-state index contributed by atoms with van der Waals surface area (Å²) in [5, 5.41) is 3.05. The SMILES string of the molecule is C[C@@H](Oc1ccccc1)C(=O)N1CCC([C@@]2(Cc3ccc(F)cc3)NC(=O)N(CC3CC3)C2=O)CC1. The van der Waals surface area contributed by atoms with E-state index >= 15 is 0 Å². The number of imide groups is 1. The molecule has 2 aromatic rings. The lowest BCUT2D eigenvalue weighted by atomic mass is 9.73. The number of urea groups is 1. The van der Waals surface area contributed by atoms with Crippen LogP contribution in [0.25, 0.3) is 0 Å². The summed E-state index contributed by atoms with van der Waals surface area (Å²) >= 11 is 0. The van der Waals surface area contributed by atoms with Crippen molar-refractivity contribution in [3.63, 3.8) is 0 Å². The predicted molar refractivity (Wildman–Crippen MR) is 132 cm³/mol. The Morgan fingerprint density at radius 3 is 2.36 bits per heavy atom. The lowest BCUT2D eigenvalue weighted by Gasteiger charge is -2.41. The summed E-state index contributed by atoms with van der Waals surface area (Å²) in [5.74, 6) is 0.242. The van der Waals surface area contributed by atoms with Crippen molar-refractivity contribution >= 4 is 17.8 Å². The maximum Gasteiger partial charge on any atom is 0.325 e. The molecule has 7 nitrogen and oxygen atoms in total. The smallest absolute Gasteiger partial charge is 0.325 e. The fraction of sp³-hybridized carbons (Fsp3) is 0.464. The Morgan fingerprint density at radius 2 is 1.72 bits per heavy atom. The molecule has 2 heterocycles. The first-order valence-electron chi connectivity index (χ1n) is 12.7. The van der Waals surface area contributed by atoms with Gasteiger partial charge in [-0.25, -0.2) is 9.18 Å². The molecule has 2 aliphatic heterocycles. The minimum Gasteiger partial charge on any atom is -0.481 e. The number of piperidine rings is 1. The lowest BCUT2D eigenvalue weighted by molar-refractivity contribution is -0.140. The van der Waals surface area contributed by atoms with E-state index < -0.39 is 11.6 Å². The van der Waals surface area contributed by atoms with Crippen molar-refractivity contribution in [2.75, 3.05) is 19.6 Å². The fourth-order valence-corrected chi connectivity index (χ4v) is 5.44. The van der Waals surface area contributed by atoms with Crippen molar-refractivity contribution in [1.29, 1.82) is 0 Å². The summed E-state index contributed by atoms with van der Waals surface area (Å²) in [6.07, 6.45) is 2.89. The number of nitrogens with zero attached hydrogens (tertiary/aromatic N) is 2. The highest BCUT2D eigenvalue weighted by Gasteiger charge is 2.56. The molecule has 3 aliphatic rings. The number of amides is 4. The fourth-order valence-electron chi connectivity index (χ4n) is 5.44. The van der Waals surface area contributed by atoms with Crippen LogP contribution in [0.3, 0.4) is 0 Å². The van der Waals surface area contributed by atoms with Crippen LogP contribution in [0.15, 0.2) is 54.6 Å². The third kappa shape index (κ3) is 4.94. The van der Waals surface area contributed by atoms with E-state index in [-0.39, 0.29) is 29.6 Å². The minimum atomic E-state index is -1.09. The van der Waals surface area contributed by atoms with Crippen molar-refractivity contribution in [3.8, 4) is 5.75 Å². The number of rotatable bonds is 8. The first kappa shape index (κ1) is 24.3. The molecule has 5 rings (SSSR count). The van der Waals surface area contributed by atoms with Gasteiger partial charge in [-0.1, -0.05) is 30.3 Å². The molecule has 3 fully saturated rings. The highest BCUT2D eigenvalue weighted by atomic mass is 19.1. The average molecular weight is 494 g/mol. The molecule has 2 atom stereocenters. The van der Waals surface area contributed by atoms with Crippen LogP contribution in [-0.4, -0.2) is 58.9 Å². The Hall–Kier alpha value is -3.42. The Labute approximate surface area is 210 Å². The minimum absolute atomic E-state index is 0.0953. The quantitative estimate of drug-likeness (QED) is 0.568. The normalized spacial score (nSPS) is 23.5. The van der Waals surface area contributed by atoms with E-state index in [9.17, 15) is 18.8 Å². The summed E-state index contributed by atoms with van der Waals surface area (Å²) in [6.45, 7) is 3.14. The van der Waals surface area contributed by atoms with Crippen LogP contribution in [0.5, 0.6) is 5.75 Å². The molecule has 2 aromatic carbocycles. The Bertz CT molecular complexity index is 1110. The van der Waals surface area contributed by atoms with Crippen molar-refractivity contribution in [3.05, 3.63) is 66.0 Å². The van der Waals surface area contributed by atoms with Gasteiger partial charge in [0, 0.05) is 26.1 Å². The third-order valence-electron chi connectivity index (χ3n) is 7.64. The molecule has 0 radical (unpaired) electrons. The van der Waals surface area contributed by atoms with E-state index in [1.165, 1.54) is 17.0 Å². The zero-order valence-corrected chi connectivity index (χ0v) is 20.5. The van der Waals surface area contributed by atoms with Gasteiger partial charge in [-0.3, -0.25) is 14.5 Å². The second-order valence-corrected chi connectivity index (χ2v) is 10.2. The van der Waals surface area contributed by atoms with Crippen LogP contribution in [0.4, 0.5) is 9.18 Å². The molecule has 1 aliphatic carbocycles. The van der Waals surface area contributed by atoms with Gasteiger partial charge in [0.25, 0.3) is 11.8 Å². The number of carbonyl (C=O) groups excluding carboxylic acids is 3. The molecular weight excluding hydrogens is 461 g/mol. The number of benzene rings is 2. The molecular formula is C28H32FN3O4. The predicted octanol–water partition coefficient (Wildman–Crippen LogP) is 3.77. The molecule has 36 heavy (non-hydrogen) atoms. The van der Waals surface area contributed by atoms with E-state index in [4.69, 9.17) is 4.74 Å². The van der Waals surface area contributed by atoms with Gasteiger partial charge in [-0.2, -0.15) is 0 Å². The summed E-state index contributed by atoms with van der Waals surface area (Å²) in [6, 6.07) is 15.0. The molecule has 190 valence electrons. The van der Waals surface area contributed by atoms with Crippen molar-refractivity contribution in [2.24, 2.45) is 11.8 Å². The molecule has 0 bridgehead atoms. The topological polar surface area (TPSA) is 79.0 Å². The molecule has 8 heteroatoms. The van der Waals surface area contributed by atoms with E-state index in [1.807, 2.05) is 30.3 Å². The lowest BCUT2D eigenvalue weighted by Crippen LogP contribution is -2.58. The standard InChI is InChI=1S/C28H32FN3O4/c1-19(36-24-5-3-2-4-6-24)25(33)31-15-13-22(14-16-31)28(17-20-9-11-23(29)12-10-20)26(34)32(27(35)30-28)18-21-7-8-21/h2-6,9-12,19,21-22H,7-8,13-18H2,1H3,(H,30,35)/t19-,28-/m1/s1. The zero-order valence-electron chi connectivity index (χ0n) is 20.5. The number of likely N-dealkylation sites (tertiary alicyclic amines) is 1. The largest absolute Gasteiger partial charge is 0.481 e. The monoisotopic (exact) mass is 493 g/mol. The summed E-state index contributed by atoms with van der Waals surface area (Å²) in [7, 11) is 0. The Morgan fingerprint density at radius 1 is 1.06 bits per heavy atom. The van der Waals surface area contributed by atoms with Crippen LogP contribution in [0, 0.1) is 17.7 Å². The number of carbonyl (C=O) groups is 3. The Balaban J connectivity index is 1.30. The summed E-state index contributed by atoms with van der Waals surface area (Å²) in [5.41, 5.74) is -0.299. The van der Waals surface area contributed by atoms with Crippen LogP contribution in [0.1, 0.15) is 38.2 Å². The Kier molecular flexibility index (Phi) is 6.69. The number of ether oxygens (including phenoxy) is 1. The number of hydrogen-bond donors (Lipinski definition) is 1. The molecule has 0 aromatic heterocycles. The second kappa shape index (κ2) is 9.91. The van der Waals surface area contributed by atoms with Gasteiger partial charge in [-0.15, -0.1) is 0 Å². The number of hydrogen-bond acceptors (Lipinski definition) is 4. The maximum absolute atomic E-state index is 13.8. The highest BCUT2D eigenvalue weighted by molar-refractivity contribution is 6.07. The highest BCUT2D eigenvalue weighted by Crippen LogP contribution is 2.39. The number of nitrogens with one attached hydrogen (secondary N) is 1. The van der Waals surface area contributed by atoms with Gasteiger partial charge in [0.2, 0.25) is 0 Å². The number of para-hydroxylation sites is 1. The van der Waals surface area contributed by atoms with Gasteiger partial charge in [0.15, 0.2) is 6.10 Å². The van der Waals surface area contributed by atoms with Gasteiger partial charge < -0.3 is 15.0 Å². The van der Waals surface area contributed by atoms with Crippen molar-refractivity contribution in [1.82, 2.24) is 15.1 Å². The van der Waals surface area contributed by atoms with Gasteiger partial charge >= 0.3 is 6.03 Å². The van der Waals surface area contributed by atoms with E-state index in [0.717, 1.165) is 18.4 Å².